The zero-order valence-electron chi connectivity index (χ0n) is 11.6. The number of para-hydroxylation sites is 2. The predicted molar refractivity (Wildman–Crippen MR) is 91.4 cm³/mol. The largest absolute Gasteiger partial charge is 0.352 e. The number of nitrogens with one attached hydrogen (secondary N) is 1. The molecule has 0 amide bonds. The van der Waals surface area contributed by atoms with Crippen LogP contribution in [-0.2, 0) is 13.1 Å². The van der Waals surface area contributed by atoms with Crippen molar-refractivity contribution in [1.29, 1.82) is 0 Å². The SMILES string of the molecule is C=CCn1c(NCc2cccc(Br)c2)nc2ccccc21. The lowest BCUT2D eigenvalue weighted by Gasteiger charge is -2.09. The fourth-order valence-corrected chi connectivity index (χ4v) is 2.80. The zero-order valence-corrected chi connectivity index (χ0v) is 13.2. The van der Waals surface area contributed by atoms with Crippen molar-refractivity contribution in [3.8, 4) is 0 Å². The van der Waals surface area contributed by atoms with E-state index < -0.39 is 0 Å². The summed E-state index contributed by atoms with van der Waals surface area (Å²) in [6.45, 7) is 5.30. The smallest absolute Gasteiger partial charge is 0.204 e. The highest BCUT2D eigenvalue weighted by Crippen LogP contribution is 2.20. The summed E-state index contributed by atoms with van der Waals surface area (Å²) in [5, 5.41) is 3.41. The van der Waals surface area contributed by atoms with Gasteiger partial charge in [0, 0.05) is 17.6 Å². The summed E-state index contributed by atoms with van der Waals surface area (Å²) in [4.78, 5) is 4.66. The Balaban J connectivity index is 1.89. The molecule has 106 valence electrons. The summed E-state index contributed by atoms with van der Waals surface area (Å²) >= 11 is 3.49. The van der Waals surface area contributed by atoms with Gasteiger partial charge in [-0.2, -0.15) is 0 Å². The van der Waals surface area contributed by atoms with Crippen LogP contribution in [0.4, 0.5) is 5.95 Å². The minimum Gasteiger partial charge on any atom is -0.352 e. The van der Waals surface area contributed by atoms with Crippen molar-refractivity contribution in [1.82, 2.24) is 9.55 Å². The Labute approximate surface area is 132 Å². The molecule has 0 aliphatic heterocycles. The predicted octanol–water partition coefficient (Wildman–Crippen LogP) is 4.60. The molecule has 3 aromatic rings. The van der Waals surface area contributed by atoms with E-state index in [-0.39, 0.29) is 0 Å². The summed E-state index contributed by atoms with van der Waals surface area (Å²) in [5.74, 6) is 0.871. The van der Waals surface area contributed by atoms with E-state index in [1.807, 2.05) is 36.4 Å². The molecule has 1 N–H and O–H groups in total. The molecule has 0 aliphatic carbocycles. The van der Waals surface area contributed by atoms with Gasteiger partial charge in [-0.25, -0.2) is 4.98 Å². The number of imidazole rings is 1. The van der Waals surface area contributed by atoms with Gasteiger partial charge in [-0.15, -0.1) is 6.58 Å². The van der Waals surface area contributed by atoms with Gasteiger partial charge in [-0.05, 0) is 29.8 Å². The first-order valence-electron chi connectivity index (χ1n) is 6.82. The molecule has 1 heterocycles. The first kappa shape index (κ1) is 13.9. The second kappa shape index (κ2) is 6.14. The van der Waals surface area contributed by atoms with Crippen molar-refractivity contribution in [2.75, 3.05) is 5.32 Å². The standard InChI is InChI=1S/C17H16BrN3/c1-2-10-21-16-9-4-3-8-15(16)20-17(21)19-12-13-6-5-7-14(18)11-13/h2-9,11H,1,10,12H2,(H,19,20). The van der Waals surface area contributed by atoms with Crippen molar-refractivity contribution in [3.05, 3.63) is 71.2 Å². The number of allylic oxidation sites excluding steroid dienone is 1. The van der Waals surface area contributed by atoms with Crippen LogP contribution in [0, 0.1) is 0 Å². The number of fused-ring (bicyclic) bond motifs is 1. The maximum atomic E-state index is 4.66. The quantitative estimate of drug-likeness (QED) is 0.687. The van der Waals surface area contributed by atoms with Gasteiger partial charge < -0.3 is 9.88 Å². The summed E-state index contributed by atoms with van der Waals surface area (Å²) < 4.78 is 3.22. The zero-order chi connectivity index (χ0) is 14.7. The Hall–Kier alpha value is -2.07. The van der Waals surface area contributed by atoms with E-state index in [0.29, 0.717) is 0 Å². The molecule has 4 heteroatoms. The van der Waals surface area contributed by atoms with Crippen LogP contribution in [0.15, 0.2) is 65.7 Å². The molecule has 0 aliphatic rings. The first-order valence-corrected chi connectivity index (χ1v) is 7.61. The fourth-order valence-electron chi connectivity index (χ4n) is 2.35. The van der Waals surface area contributed by atoms with Crippen LogP contribution in [0.25, 0.3) is 11.0 Å². The highest BCUT2D eigenvalue weighted by molar-refractivity contribution is 9.10. The van der Waals surface area contributed by atoms with Crippen LogP contribution in [0.5, 0.6) is 0 Å². The van der Waals surface area contributed by atoms with E-state index in [1.54, 1.807) is 0 Å². The number of nitrogens with zero attached hydrogens (tertiary/aromatic N) is 2. The number of aromatic nitrogens is 2. The van der Waals surface area contributed by atoms with E-state index >= 15 is 0 Å². The molecule has 1 aromatic heterocycles. The van der Waals surface area contributed by atoms with Gasteiger partial charge in [0.15, 0.2) is 0 Å². The van der Waals surface area contributed by atoms with Crippen molar-refractivity contribution < 1.29 is 0 Å². The number of anilines is 1. The maximum absolute atomic E-state index is 4.66. The van der Waals surface area contributed by atoms with E-state index in [4.69, 9.17) is 0 Å². The van der Waals surface area contributed by atoms with E-state index in [2.05, 4.69) is 55.6 Å². The van der Waals surface area contributed by atoms with Crippen LogP contribution in [0.2, 0.25) is 0 Å². The van der Waals surface area contributed by atoms with Crippen molar-refractivity contribution in [2.45, 2.75) is 13.1 Å². The fraction of sp³-hybridized carbons (Fsp3) is 0.118. The lowest BCUT2D eigenvalue weighted by Crippen LogP contribution is -2.07. The summed E-state index contributed by atoms with van der Waals surface area (Å²) in [6, 6.07) is 16.4. The highest BCUT2D eigenvalue weighted by Gasteiger charge is 2.08. The van der Waals surface area contributed by atoms with E-state index in [0.717, 1.165) is 34.5 Å². The molecule has 0 unspecified atom stereocenters. The van der Waals surface area contributed by atoms with Crippen molar-refractivity contribution in [3.63, 3.8) is 0 Å². The second-order valence-corrected chi connectivity index (χ2v) is 5.72. The third-order valence-electron chi connectivity index (χ3n) is 3.31. The number of benzene rings is 2. The third kappa shape index (κ3) is 3.00. The van der Waals surface area contributed by atoms with Gasteiger partial charge in [-0.1, -0.05) is 46.3 Å². The molecule has 0 fully saturated rings. The summed E-state index contributed by atoms with van der Waals surface area (Å²) in [6.07, 6.45) is 1.89. The third-order valence-corrected chi connectivity index (χ3v) is 3.80. The molecular weight excluding hydrogens is 326 g/mol. The van der Waals surface area contributed by atoms with Gasteiger partial charge in [0.25, 0.3) is 0 Å². The average molecular weight is 342 g/mol. The topological polar surface area (TPSA) is 29.9 Å². The molecule has 0 atom stereocenters. The Morgan fingerprint density at radius 2 is 2.05 bits per heavy atom. The van der Waals surface area contributed by atoms with Gasteiger partial charge in [0.2, 0.25) is 5.95 Å². The van der Waals surface area contributed by atoms with Gasteiger partial charge in [0.1, 0.15) is 0 Å². The lowest BCUT2D eigenvalue weighted by atomic mass is 10.2. The number of hydrogen-bond donors (Lipinski definition) is 1. The second-order valence-electron chi connectivity index (χ2n) is 4.81. The maximum Gasteiger partial charge on any atom is 0.204 e. The molecule has 2 aromatic carbocycles. The minimum absolute atomic E-state index is 0.736. The Bertz CT molecular complexity index is 777. The van der Waals surface area contributed by atoms with E-state index in [1.165, 1.54) is 5.56 Å². The van der Waals surface area contributed by atoms with Gasteiger partial charge >= 0.3 is 0 Å². The van der Waals surface area contributed by atoms with Crippen LogP contribution >= 0.6 is 15.9 Å². The minimum atomic E-state index is 0.736. The van der Waals surface area contributed by atoms with Crippen LogP contribution in [0.3, 0.4) is 0 Å². The first-order chi connectivity index (χ1) is 10.3. The number of rotatable bonds is 5. The lowest BCUT2D eigenvalue weighted by molar-refractivity contribution is 0.846. The van der Waals surface area contributed by atoms with Gasteiger partial charge in [-0.3, -0.25) is 0 Å². The summed E-state index contributed by atoms with van der Waals surface area (Å²) in [7, 11) is 0. The molecule has 3 nitrogen and oxygen atoms in total. The van der Waals surface area contributed by atoms with Crippen LogP contribution in [0.1, 0.15) is 5.56 Å². The number of halogens is 1. The van der Waals surface area contributed by atoms with Gasteiger partial charge in [0.05, 0.1) is 11.0 Å². The van der Waals surface area contributed by atoms with Crippen molar-refractivity contribution >= 4 is 32.9 Å². The normalized spacial score (nSPS) is 10.7. The van der Waals surface area contributed by atoms with Crippen LogP contribution < -0.4 is 5.32 Å². The molecular formula is C17H16BrN3. The molecule has 0 bridgehead atoms. The van der Waals surface area contributed by atoms with Crippen LogP contribution in [-0.4, -0.2) is 9.55 Å². The molecule has 21 heavy (non-hydrogen) atoms. The highest BCUT2D eigenvalue weighted by atomic mass is 79.9. The Kier molecular flexibility index (Phi) is 4.06. The molecule has 0 saturated carbocycles. The Morgan fingerprint density at radius 3 is 2.86 bits per heavy atom. The average Bonchev–Trinajstić information content (AvgIpc) is 2.84. The van der Waals surface area contributed by atoms with Crippen molar-refractivity contribution in [2.24, 2.45) is 0 Å². The molecule has 0 saturated heterocycles. The molecule has 3 rings (SSSR count). The number of hydrogen-bond acceptors (Lipinski definition) is 2. The molecule has 0 radical (unpaired) electrons. The van der Waals surface area contributed by atoms with E-state index in [9.17, 15) is 0 Å². The summed E-state index contributed by atoms with van der Waals surface area (Å²) in [5.41, 5.74) is 3.33. The Morgan fingerprint density at radius 1 is 1.19 bits per heavy atom. The monoisotopic (exact) mass is 341 g/mol. The molecule has 0 spiro atoms.